The maximum atomic E-state index is 12.5. The molecule has 0 aliphatic carbocycles. The van der Waals surface area contributed by atoms with Crippen LogP contribution in [0.2, 0.25) is 0 Å². The zero-order valence-corrected chi connectivity index (χ0v) is 12.3. The van der Waals surface area contributed by atoms with Gasteiger partial charge in [0.25, 0.3) is 5.91 Å². The number of piperazine rings is 1. The van der Waals surface area contributed by atoms with Crippen molar-refractivity contribution in [2.24, 2.45) is 7.05 Å². The van der Waals surface area contributed by atoms with Crippen LogP contribution in [0, 0.1) is 11.3 Å². The first-order valence-corrected chi connectivity index (χ1v) is 7.02. The molecule has 0 bridgehead atoms. The molecule has 1 aliphatic heterocycles. The summed E-state index contributed by atoms with van der Waals surface area (Å²) in [6, 6.07) is 2.15. The van der Waals surface area contributed by atoms with E-state index in [9.17, 15) is 4.79 Å². The van der Waals surface area contributed by atoms with Crippen LogP contribution in [-0.2, 0) is 13.5 Å². The Bertz CT molecular complexity index is 522. The first-order chi connectivity index (χ1) is 9.56. The number of aryl methyl sites for hydroxylation is 2. The van der Waals surface area contributed by atoms with Gasteiger partial charge in [-0.1, -0.05) is 6.92 Å². The van der Waals surface area contributed by atoms with Crippen molar-refractivity contribution in [3.8, 4) is 6.07 Å². The number of nitriles is 1. The Labute approximate surface area is 119 Å². The molecular weight excluding hydrogens is 254 g/mol. The third kappa shape index (κ3) is 2.83. The largest absolute Gasteiger partial charge is 0.336 e. The van der Waals surface area contributed by atoms with E-state index in [1.165, 1.54) is 0 Å². The molecule has 108 valence electrons. The van der Waals surface area contributed by atoms with Gasteiger partial charge in [0.05, 0.1) is 23.4 Å². The molecule has 1 unspecified atom stereocenters. The van der Waals surface area contributed by atoms with Gasteiger partial charge in [-0.2, -0.15) is 10.4 Å². The summed E-state index contributed by atoms with van der Waals surface area (Å²) in [5.74, 6) is 0.0548. The zero-order valence-electron chi connectivity index (χ0n) is 12.3. The van der Waals surface area contributed by atoms with E-state index < -0.39 is 0 Å². The molecule has 20 heavy (non-hydrogen) atoms. The van der Waals surface area contributed by atoms with Crippen molar-refractivity contribution < 1.29 is 4.79 Å². The fourth-order valence-corrected chi connectivity index (χ4v) is 2.54. The number of aromatic nitrogens is 2. The second kappa shape index (κ2) is 6.06. The van der Waals surface area contributed by atoms with Gasteiger partial charge in [0.15, 0.2) is 0 Å². The van der Waals surface area contributed by atoms with Crippen LogP contribution in [0.15, 0.2) is 6.20 Å². The highest BCUT2D eigenvalue weighted by atomic mass is 16.2. The van der Waals surface area contributed by atoms with Gasteiger partial charge in [0.1, 0.15) is 0 Å². The number of nitrogens with zero attached hydrogens (tertiary/aromatic N) is 5. The molecule has 0 spiro atoms. The van der Waals surface area contributed by atoms with E-state index in [4.69, 9.17) is 5.26 Å². The summed E-state index contributed by atoms with van der Waals surface area (Å²) < 4.78 is 1.69. The molecule has 1 aromatic rings. The highest BCUT2D eigenvalue weighted by Gasteiger charge is 2.26. The number of hydrogen-bond donors (Lipinski definition) is 0. The molecule has 1 atom stereocenters. The van der Waals surface area contributed by atoms with Crippen LogP contribution >= 0.6 is 0 Å². The topological polar surface area (TPSA) is 65.2 Å². The number of hydrogen-bond acceptors (Lipinski definition) is 4. The minimum absolute atomic E-state index is 0.0548. The third-order valence-corrected chi connectivity index (χ3v) is 3.81. The van der Waals surface area contributed by atoms with Crippen LogP contribution in [0.1, 0.15) is 29.9 Å². The predicted molar refractivity (Wildman–Crippen MR) is 75.1 cm³/mol. The Balaban J connectivity index is 2.03. The quantitative estimate of drug-likeness (QED) is 0.812. The molecule has 1 aromatic heterocycles. The van der Waals surface area contributed by atoms with E-state index in [2.05, 4.69) is 16.1 Å². The Morgan fingerprint density at radius 1 is 1.45 bits per heavy atom. The summed E-state index contributed by atoms with van der Waals surface area (Å²) in [6.45, 7) is 6.75. The molecular formula is C14H21N5O. The molecule has 1 saturated heterocycles. The number of carbonyl (C=O) groups is 1. The van der Waals surface area contributed by atoms with Crippen LogP contribution in [0.3, 0.4) is 0 Å². The van der Waals surface area contributed by atoms with E-state index >= 15 is 0 Å². The lowest BCUT2D eigenvalue weighted by Crippen LogP contribution is -2.51. The fraction of sp³-hybridized carbons (Fsp3) is 0.643. The molecule has 6 heteroatoms. The maximum Gasteiger partial charge on any atom is 0.257 e. The van der Waals surface area contributed by atoms with Crippen LogP contribution in [0.25, 0.3) is 0 Å². The molecule has 2 rings (SSSR count). The normalized spacial score (nSPS) is 17.8. The van der Waals surface area contributed by atoms with E-state index in [-0.39, 0.29) is 11.9 Å². The SMILES string of the molecule is CCc1nn(C)cc1C(=O)N1CCN(C(C)C#N)CC1. The molecule has 1 fully saturated rings. The number of carbonyl (C=O) groups excluding carboxylic acids is 1. The minimum Gasteiger partial charge on any atom is -0.336 e. The lowest BCUT2D eigenvalue weighted by atomic mass is 10.1. The van der Waals surface area contributed by atoms with Crippen molar-refractivity contribution in [1.29, 1.82) is 5.26 Å². The monoisotopic (exact) mass is 275 g/mol. The van der Waals surface area contributed by atoms with Crippen molar-refractivity contribution in [2.75, 3.05) is 26.2 Å². The lowest BCUT2D eigenvalue weighted by molar-refractivity contribution is 0.0614. The van der Waals surface area contributed by atoms with Crippen molar-refractivity contribution in [2.45, 2.75) is 26.3 Å². The molecule has 6 nitrogen and oxygen atoms in total. The average Bonchev–Trinajstić information content (AvgIpc) is 2.87. The minimum atomic E-state index is -0.0863. The van der Waals surface area contributed by atoms with Crippen molar-refractivity contribution >= 4 is 5.91 Å². The standard InChI is InChI=1S/C14H21N5O/c1-4-13-12(10-17(3)16-13)14(20)19-7-5-18(6-8-19)11(2)9-15/h10-11H,4-8H2,1-3H3. The smallest absolute Gasteiger partial charge is 0.257 e. The first kappa shape index (κ1) is 14.5. The predicted octanol–water partition coefficient (Wildman–Crippen LogP) is 0.652. The lowest BCUT2D eigenvalue weighted by Gasteiger charge is -2.35. The van der Waals surface area contributed by atoms with Gasteiger partial charge in [-0.15, -0.1) is 0 Å². The molecule has 0 radical (unpaired) electrons. The van der Waals surface area contributed by atoms with Gasteiger partial charge in [0, 0.05) is 39.4 Å². The molecule has 1 aliphatic rings. The van der Waals surface area contributed by atoms with E-state index in [0.717, 1.165) is 25.2 Å². The first-order valence-electron chi connectivity index (χ1n) is 7.02. The fourth-order valence-electron chi connectivity index (χ4n) is 2.54. The average molecular weight is 275 g/mol. The van der Waals surface area contributed by atoms with Gasteiger partial charge in [0.2, 0.25) is 0 Å². The van der Waals surface area contributed by atoms with Crippen LogP contribution < -0.4 is 0 Å². The highest BCUT2D eigenvalue weighted by molar-refractivity contribution is 5.95. The molecule has 0 aromatic carbocycles. The maximum absolute atomic E-state index is 12.5. The van der Waals surface area contributed by atoms with Gasteiger partial charge < -0.3 is 4.90 Å². The Morgan fingerprint density at radius 3 is 2.65 bits per heavy atom. The Kier molecular flexibility index (Phi) is 4.40. The van der Waals surface area contributed by atoms with Crippen molar-refractivity contribution in [1.82, 2.24) is 19.6 Å². The van der Waals surface area contributed by atoms with E-state index in [1.807, 2.05) is 25.8 Å². The van der Waals surface area contributed by atoms with Gasteiger partial charge in [-0.25, -0.2) is 0 Å². The van der Waals surface area contributed by atoms with Crippen molar-refractivity contribution in [3.05, 3.63) is 17.5 Å². The third-order valence-electron chi connectivity index (χ3n) is 3.81. The highest BCUT2D eigenvalue weighted by Crippen LogP contribution is 2.14. The van der Waals surface area contributed by atoms with E-state index in [1.54, 1.807) is 10.9 Å². The van der Waals surface area contributed by atoms with Crippen LogP contribution in [-0.4, -0.2) is 57.7 Å². The summed E-state index contributed by atoms with van der Waals surface area (Å²) in [5.41, 5.74) is 1.56. The number of amides is 1. The second-order valence-corrected chi connectivity index (χ2v) is 5.15. The summed E-state index contributed by atoms with van der Waals surface area (Å²) in [6.07, 6.45) is 2.55. The Morgan fingerprint density at radius 2 is 2.10 bits per heavy atom. The van der Waals surface area contributed by atoms with Gasteiger partial charge in [-0.05, 0) is 13.3 Å². The summed E-state index contributed by atoms with van der Waals surface area (Å²) in [5, 5.41) is 13.2. The summed E-state index contributed by atoms with van der Waals surface area (Å²) in [7, 11) is 1.84. The van der Waals surface area contributed by atoms with Crippen LogP contribution in [0.4, 0.5) is 0 Å². The molecule has 0 saturated carbocycles. The molecule has 1 amide bonds. The van der Waals surface area contributed by atoms with Crippen LogP contribution in [0.5, 0.6) is 0 Å². The second-order valence-electron chi connectivity index (χ2n) is 5.15. The zero-order chi connectivity index (χ0) is 14.7. The number of rotatable bonds is 3. The Hall–Kier alpha value is -1.87. The van der Waals surface area contributed by atoms with Crippen molar-refractivity contribution in [3.63, 3.8) is 0 Å². The van der Waals surface area contributed by atoms with Gasteiger partial charge >= 0.3 is 0 Å². The van der Waals surface area contributed by atoms with Gasteiger partial charge in [-0.3, -0.25) is 14.4 Å². The summed E-state index contributed by atoms with van der Waals surface area (Å²) >= 11 is 0. The van der Waals surface area contributed by atoms with E-state index in [0.29, 0.717) is 18.7 Å². The molecule has 2 heterocycles. The summed E-state index contributed by atoms with van der Waals surface area (Å²) in [4.78, 5) is 16.5. The molecule has 0 N–H and O–H groups in total.